The molecule has 0 saturated carbocycles. The first-order valence-corrected chi connectivity index (χ1v) is 9.73. The van der Waals surface area contributed by atoms with Gasteiger partial charge in [0.2, 0.25) is 10.0 Å². The Balaban J connectivity index is 2.42. The zero-order chi connectivity index (χ0) is 20.5. The summed E-state index contributed by atoms with van der Waals surface area (Å²) in [4.78, 5) is -0.231. The van der Waals surface area contributed by atoms with E-state index in [0.29, 0.717) is 5.56 Å². The van der Waals surface area contributed by atoms with E-state index < -0.39 is 28.7 Å². The first-order valence-electron chi connectivity index (χ1n) is 8.19. The van der Waals surface area contributed by atoms with Crippen molar-refractivity contribution in [2.24, 2.45) is 5.14 Å². The highest BCUT2D eigenvalue weighted by atomic mass is 32.2. The number of halogens is 2. The number of sulfonamides is 1. The van der Waals surface area contributed by atoms with Gasteiger partial charge in [-0.3, -0.25) is 0 Å². The van der Waals surface area contributed by atoms with E-state index >= 15 is 0 Å². The van der Waals surface area contributed by atoms with Crippen LogP contribution in [0.15, 0.2) is 53.4 Å². The van der Waals surface area contributed by atoms with Crippen LogP contribution in [-0.2, 0) is 16.6 Å². The molecule has 0 aliphatic rings. The summed E-state index contributed by atoms with van der Waals surface area (Å²) in [6.07, 6.45) is -2.92. The number of benzene rings is 2. The fraction of sp³-hybridized carbons (Fsp3) is 0.158. The molecule has 0 unspecified atom stereocenters. The van der Waals surface area contributed by atoms with Crippen molar-refractivity contribution in [2.75, 3.05) is 0 Å². The number of nitrogens with zero attached hydrogens (tertiary/aromatic N) is 3. The van der Waals surface area contributed by atoms with Crippen LogP contribution in [0.3, 0.4) is 0 Å². The molecular weight excluding hydrogens is 386 g/mol. The van der Waals surface area contributed by atoms with E-state index in [1.54, 1.807) is 36.4 Å². The van der Waals surface area contributed by atoms with Crippen LogP contribution in [0.5, 0.6) is 0 Å². The molecule has 0 atom stereocenters. The molecule has 2 N–H and O–H groups in total. The molecule has 0 saturated heterocycles. The quantitative estimate of drug-likeness (QED) is 0.704. The van der Waals surface area contributed by atoms with E-state index in [9.17, 15) is 17.2 Å². The normalized spacial score (nSPS) is 11.6. The summed E-state index contributed by atoms with van der Waals surface area (Å²) >= 11 is 0. The number of rotatable bonds is 5. The van der Waals surface area contributed by atoms with Crippen molar-refractivity contribution in [2.45, 2.75) is 24.8 Å². The molecule has 144 valence electrons. The third kappa shape index (κ3) is 3.65. The number of primary sulfonamides is 1. The summed E-state index contributed by atoms with van der Waals surface area (Å²) in [5.74, 6) is 0. The number of hydrogen-bond acceptors (Lipinski definition) is 4. The number of aromatic nitrogens is 2. The largest absolute Gasteiger partial charge is 0.280 e. The van der Waals surface area contributed by atoms with E-state index in [1.165, 1.54) is 18.2 Å². The summed E-state index contributed by atoms with van der Waals surface area (Å²) in [5.41, 5.74) is 1.10. The van der Waals surface area contributed by atoms with Crippen LogP contribution >= 0.6 is 0 Å². The minimum Gasteiger partial charge on any atom is -0.248 e. The standard InChI is InChI=1S/C19H16F2N4O2S/c1-12-6-8-13(9-7-12)16-17(24-25(11-10-22)18(16)19(20)21)14-4-2-3-5-15(14)28(23,26)27/h2-9,19H,11H2,1H3,(H2,23,26,27). The van der Waals surface area contributed by atoms with Crippen LogP contribution < -0.4 is 5.14 Å². The van der Waals surface area contributed by atoms with Crippen molar-refractivity contribution in [1.82, 2.24) is 9.78 Å². The van der Waals surface area contributed by atoms with Gasteiger partial charge in [-0.05, 0) is 18.6 Å². The van der Waals surface area contributed by atoms with E-state index in [0.717, 1.165) is 10.2 Å². The lowest BCUT2D eigenvalue weighted by Gasteiger charge is -2.10. The molecular formula is C19H16F2N4O2S. The molecule has 28 heavy (non-hydrogen) atoms. The average molecular weight is 402 g/mol. The Labute approximate surface area is 160 Å². The zero-order valence-corrected chi connectivity index (χ0v) is 15.6. The van der Waals surface area contributed by atoms with Crippen LogP contribution in [0, 0.1) is 18.3 Å². The van der Waals surface area contributed by atoms with Crippen LogP contribution in [0.2, 0.25) is 0 Å². The molecule has 0 radical (unpaired) electrons. The van der Waals surface area contributed by atoms with Crippen molar-refractivity contribution < 1.29 is 17.2 Å². The van der Waals surface area contributed by atoms with Crippen LogP contribution in [0.25, 0.3) is 22.4 Å². The molecule has 6 nitrogen and oxygen atoms in total. The summed E-state index contributed by atoms with van der Waals surface area (Å²) in [7, 11) is -4.13. The SMILES string of the molecule is Cc1ccc(-c2c(-c3ccccc3S(N)(=O)=O)nn(CC#N)c2C(F)F)cc1. The van der Waals surface area contributed by atoms with Crippen molar-refractivity contribution >= 4 is 10.0 Å². The van der Waals surface area contributed by atoms with Gasteiger partial charge in [0.25, 0.3) is 6.43 Å². The maximum Gasteiger partial charge on any atom is 0.280 e. The fourth-order valence-corrected chi connectivity index (χ4v) is 3.73. The lowest BCUT2D eigenvalue weighted by Crippen LogP contribution is -2.13. The zero-order valence-electron chi connectivity index (χ0n) is 14.8. The summed E-state index contributed by atoms with van der Waals surface area (Å²) in [6.45, 7) is 1.45. The fourth-order valence-electron chi connectivity index (χ4n) is 2.99. The second kappa shape index (κ2) is 7.50. The lowest BCUT2D eigenvalue weighted by atomic mass is 9.98. The van der Waals surface area contributed by atoms with Crippen LogP contribution in [0.1, 0.15) is 17.7 Å². The minimum atomic E-state index is -4.13. The lowest BCUT2D eigenvalue weighted by molar-refractivity contribution is 0.140. The monoisotopic (exact) mass is 402 g/mol. The van der Waals surface area contributed by atoms with Gasteiger partial charge in [0, 0.05) is 11.1 Å². The van der Waals surface area contributed by atoms with Crippen molar-refractivity contribution in [1.29, 1.82) is 5.26 Å². The second-order valence-electron chi connectivity index (χ2n) is 6.13. The van der Waals surface area contributed by atoms with Crippen molar-refractivity contribution in [3.05, 3.63) is 59.8 Å². The third-order valence-electron chi connectivity index (χ3n) is 4.21. The molecule has 9 heteroatoms. The van der Waals surface area contributed by atoms with Gasteiger partial charge in [-0.2, -0.15) is 10.4 Å². The highest BCUT2D eigenvalue weighted by Crippen LogP contribution is 2.40. The van der Waals surface area contributed by atoms with E-state index in [-0.39, 0.29) is 21.7 Å². The van der Waals surface area contributed by atoms with Gasteiger partial charge in [0.1, 0.15) is 17.9 Å². The van der Waals surface area contributed by atoms with Crippen LogP contribution in [0.4, 0.5) is 8.78 Å². The van der Waals surface area contributed by atoms with Gasteiger partial charge < -0.3 is 0 Å². The maximum atomic E-state index is 13.9. The predicted octanol–water partition coefficient (Wildman–Crippen LogP) is 3.63. The highest BCUT2D eigenvalue weighted by Gasteiger charge is 2.29. The topological polar surface area (TPSA) is 102 Å². The Morgan fingerprint density at radius 2 is 1.82 bits per heavy atom. The van der Waals surface area contributed by atoms with Gasteiger partial charge in [0.15, 0.2) is 0 Å². The Morgan fingerprint density at radius 3 is 2.39 bits per heavy atom. The predicted molar refractivity (Wildman–Crippen MR) is 99.8 cm³/mol. The van der Waals surface area contributed by atoms with Crippen molar-refractivity contribution in [3.8, 4) is 28.5 Å². The van der Waals surface area contributed by atoms with Crippen LogP contribution in [-0.4, -0.2) is 18.2 Å². The Morgan fingerprint density at radius 1 is 1.18 bits per heavy atom. The number of hydrogen-bond donors (Lipinski definition) is 1. The highest BCUT2D eigenvalue weighted by molar-refractivity contribution is 7.89. The molecule has 0 fully saturated rings. The minimum absolute atomic E-state index is 0.0269. The first kappa shape index (κ1) is 19.7. The number of nitrogens with two attached hydrogens (primary N) is 1. The van der Waals surface area contributed by atoms with Crippen molar-refractivity contribution in [3.63, 3.8) is 0 Å². The molecule has 0 bridgehead atoms. The maximum absolute atomic E-state index is 13.9. The number of aryl methyl sites for hydroxylation is 1. The molecule has 1 heterocycles. The molecule has 2 aromatic carbocycles. The van der Waals surface area contributed by atoms with Gasteiger partial charge >= 0.3 is 0 Å². The Kier molecular flexibility index (Phi) is 5.27. The number of alkyl halides is 2. The summed E-state index contributed by atoms with van der Waals surface area (Å²) in [6, 6.07) is 14.4. The average Bonchev–Trinajstić information content (AvgIpc) is 3.01. The first-order chi connectivity index (χ1) is 13.2. The van der Waals surface area contributed by atoms with E-state index in [4.69, 9.17) is 10.4 Å². The van der Waals surface area contributed by atoms with Gasteiger partial charge in [-0.15, -0.1) is 0 Å². The Hall–Kier alpha value is -3.09. The molecule has 1 aromatic heterocycles. The molecule has 3 rings (SSSR count). The van der Waals surface area contributed by atoms with Gasteiger partial charge in [-0.25, -0.2) is 27.0 Å². The molecule has 0 amide bonds. The van der Waals surface area contributed by atoms with E-state index in [1.807, 2.05) is 6.92 Å². The molecule has 0 aliphatic heterocycles. The molecule has 0 aliphatic carbocycles. The van der Waals surface area contributed by atoms with E-state index in [2.05, 4.69) is 5.10 Å². The van der Waals surface area contributed by atoms with Gasteiger partial charge in [-0.1, -0.05) is 48.0 Å². The number of nitriles is 1. The molecule has 3 aromatic rings. The van der Waals surface area contributed by atoms with Gasteiger partial charge in [0.05, 0.1) is 11.0 Å². The summed E-state index contributed by atoms with van der Waals surface area (Å²) < 4.78 is 52.8. The second-order valence-corrected chi connectivity index (χ2v) is 7.66. The third-order valence-corrected chi connectivity index (χ3v) is 5.18. The smallest absolute Gasteiger partial charge is 0.248 e. The summed E-state index contributed by atoms with van der Waals surface area (Å²) in [5, 5.41) is 18.5. The Bertz CT molecular complexity index is 1160. The molecule has 0 spiro atoms.